The second-order valence-corrected chi connectivity index (χ2v) is 13.1. The summed E-state index contributed by atoms with van der Waals surface area (Å²) in [7, 11) is 1.89. The fourth-order valence-corrected chi connectivity index (χ4v) is 5.62. The van der Waals surface area contributed by atoms with Gasteiger partial charge in [0.25, 0.3) is 11.8 Å². The minimum absolute atomic E-state index is 0.0643. The van der Waals surface area contributed by atoms with Crippen LogP contribution in [0.1, 0.15) is 33.6 Å². The zero-order valence-corrected chi connectivity index (χ0v) is 35.1. The summed E-state index contributed by atoms with van der Waals surface area (Å²) in [6.45, 7) is 12.8. The third-order valence-corrected chi connectivity index (χ3v) is 8.62. The molecule has 0 aliphatic carbocycles. The normalized spacial score (nSPS) is 15.3. The van der Waals surface area contributed by atoms with E-state index in [-0.39, 0.29) is 24.0 Å². The van der Waals surface area contributed by atoms with Crippen molar-refractivity contribution in [2.75, 3.05) is 184 Å². The molecular formula is C40H66N4O16. The van der Waals surface area contributed by atoms with E-state index in [1.165, 1.54) is 0 Å². The fourth-order valence-electron chi connectivity index (χ4n) is 5.62. The first-order valence-corrected chi connectivity index (χ1v) is 20.7. The van der Waals surface area contributed by atoms with Crippen molar-refractivity contribution in [3.63, 3.8) is 0 Å². The molecule has 1 atom stereocenters. The maximum absolute atomic E-state index is 13.2. The van der Waals surface area contributed by atoms with Crippen LogP contribution in [0, 0.1) is 0 Å². The van der Waals surface area contributed by atoms with Gasteiger partial charge in [0.05, 0.1) is 170 Å². The largest absolute Gasteiger partial charge is 0.382 e. The first-order valence-electron chi connectivity index (χ1n) is 20.7. The quantitative estimate of drug-likeness (QED) is 0.0580. The summed E-state index contributed by atoms with van der Waals surface area (Å²) >= 11 is 0. The molecule has 3 rings (SSSR count). The van der Waals surface area contributed by atoms with Crippen LogP contribution in [0.3, 0.4) is 0 Å². The molecule has 0 radical (unpaired) electrons. The van der Waals surface area contributed by atoms with E-state index in [0.29, 0.717) is 171 Å². The molecule has 2 aliphatic heterocycles. The Morgan fingerprint density at radius 1 is 0.517 bits per heavy atom. The van der Waals surface area contributed by atoms with E-state index >= 15 is 0 Å². The van der Waals surface area contributed by atoms with Crippen LogP contribution in [-0.4, -0.2) is 213 Å². The number of hydrogen-bond acceptors (Lipinski definition) is 18. The number of imide groups is 2. The maximum atomic E-state index is 13.2. The Balaban J connectivity index is 0.975. The molecule has 0 aromatic heterocycles. The maximum Gasteiger partial charge on any atom is 0.264 e. The van der Waals surface area contributed by atoms with Crippen molar-refractivity contribution >= 4 is 29.3 Å². The van der Waals surface area contributed by atoms with Crippen molar-refractivity contribution in [1.82, 2.24) is 15.5 Å². The number of piperidine rings is 1. The third kappa shape index (κ3) is 22.0. The molecule has 20 heteroatoms. The number of amides is 4. The second-order valence-electron chi connectivity index (χ2n) is 13.1. The summed E-state index contributed by atoms with van der Waals surface area (Å²) in [5.41, 5.74) is 0.904. The van der Waals surface area contributed by atoms with Crippen molar-refractivity contribution in [2.45, 2.75) is 18.9 Å². The monoisotopic (exact) mass is 858 g/mol. The van der Waals surface area contributed by atoms with Gasteiger partial charge in [-0.05, 0) is 25.6 Å². The minimum atomic E-state index is -1.01. The van der Waals surface area contributed by atoms with Gasteiger partial charge in [-0.25, -0.2) is 0 Å². The van der Waals surface area contributed by atoms with Crippen molar-refractivity contribution in [2.24, 2.45) is 0 Å². The molecule has 0 bridgehead atoms. The molecule has 3 N–H and O–H groups in total. The van der Waals surface area contributed by atoms with Crippen LogP contribution in [0.5, 0.6) is 0 Å². The zero-order chi connectivity index (χ0) is 42.7. The molecule has 0 spiro atoms. The Hall–Kier alpha value is -3.22. The first kappa shape index (κ1) is 51.1. The van der Waals surface area contributed by atoms with Crippen molar-refractivity contribution in [1.29, 1.82) is 0 Å². The summed E-state index contributed by atoms with van der Waals surface area (Å²) < 4.78 is 65.8. The van der Waals surface area contributed by atoms with Crippen LogP contribution < -0.4 is 16.0 Å². The molecule has 1 aromatic rings. The van der Waals surface area contributed by atoms with E-state index in [1.807, 2.05) is 7.05 Å². The SMILES string of the molecule is CNCCOCCOCCOCCOCCOCCOCCOCCOCCOCCOCCOCCOCCNc1cccc2c1C(=O)N(C1CCC(=O)NC1=O)C2=O. The predicted molar refractivity (Wildman–Crippen MR) is 215 cm³/mol. The smallest absolute Gasteiger partial charge is 0.264 e. The van der Waals surface area contributed by atoms with Gasteiger partial charge >= 0.3 is 0 Å². The average molecular weight is 859 g/mol. The molecule has 2 aliphatic rings. The highest BCUT2D eigenvalue weighted by Crippen LogP contribution is 2.32. The molecule has 2 heterocycles. The van der Waals surface area contributed by atoms with Crippen LogP contribution in [0.2, 0.25) is 0 Å². The Kier molecular flexibility index (Phi) is 29.3. The van der Waals surface area contributed by atoms with Gasteiger partial charge in [0.2, 0.25) is 11.8 Å². The highest BCUT2D eigenvalue weighted by atomic mass is 16.6. The van der Waals surface area contributed by atoms with Crippen molar-refractivity contribution in [3.8, 4) is 0 Å². The van der Waals surface area contributed by atoms with E-state index in [1.54, 1.807) is 18.2 Å². The summed E-state index contributed by atoms with van der Waals surface area (Å²) in [4.78, 5) is 50.9. The predicted octanol–water partition coefficient (Wildman–Crippen LogP) is -0.0817. The Labute approximate surface area is 352 Å². The fraction of sp³-hybridized carbons (Fsp3) is 0.750. The molecule has 1 unspecified atom stereocenters. The molecule has 60 heavy (non-hydrogen) atoms. The number of rotatable bonds is 41. The van der Waals surface area contributed by atoms with Crippen molar-refractivity contribution < 1.29 is 76.0 Å². The molecule has 0 saturated carbocycles. The topological polar surface area (TPSA) is 218 Å². The van der Waals surface area contributed by atoms with Crippen LogP contribution >= 0.6 is 0 Å². The molecule has 1 fully saturated rings. The van der Waals surface area contributed by atoms with Crippen LogP contribution in [0.15, 0.2) is 18.2 Å². The summed E-state index contributed by atoms with van der Waals surface area (Å²) in [6.07, 6.45) is 0.167. The lowest BCUT2D eigenvalue weighted by molar-refractivity contribution is -0.136. The summed E-state index contributed by atoms with van der Waals surface area (Å²) in [5, 5.41) is 8.35. The number of ether oxygens (including phenoxy) is 12. The number of carbonyl (C=O) groups excluding carboxylic acids is 4. The number of hydrogen-bond donors (Lipinski definition) is 3. The molecular weight excluding hydrogens is 792 g/mol. The highest BCUT2D eigenvalue weighted by Gasteiger charge is 2.45. The van der Waals surface area contributed by atoms with Gasteiger partial charge in [-0.15, -0.1) is 0 Å². The van der Waals surface area contributed by atoms with Crippen LogP contribution in [-0.2, 0) is 66.4 Å². The van der Waals surface area contributed by atoms with E-state index in [4.69, 9.17) is 56.8 Å². The van der Waals surface area contributed by atoms with E-state index in [0.717, 1.165) is 11.4 Å². The van der Waals surface area contributed by atoms with Crippen molar-refractivity contribution in [3.05, 3.63) is 29.3 Å². The molecule has 1 saturated heterocycles. The number of nitrogens with zero attached hydrogens (tertiary/aromatic N) is 1. The van der Waals surface area contributed by atoms with Gasteiger partial charge in [-0.3, -0.25) is 29.4 Å². The molecule has 4 amide bonds. The number of carbonyl (C=O) groups is 4. The molecule has 20 nitrogen and oxygen atoms in total. The molecule has 342 valence electrons. The Morgan fingerprint density at radius 3 is 1.25 bits per heavy atom. The number of likely N-dealkylation sites (N-methyl/N-ethyl adjacent to an activating group) is 1. The zero-order valence-electron chi connectivity index (χ0n) is 35.1. The highest BCUT2D eigenvalue weighted by molar-refractivity contribution is 6.25. The second kappa shape index (κ2) is 34.4. The van der Waals surface area contributed by atoms with E-state index in [2.05, 4.69) is 16.0 Å². The standard InChI is InChI=1S/C40H66N4O16/c1-41-7-9-49-11-13-51-15-17-53-19-21-55-23-25-57-27-29-59-31-32-60-30-28-58-26-24-56-22-20-54-18-16-52-14-12-50-10-8-42-34-4-2-3-33-37(34)40(48)44(39(33)47)35-5-6-36(45)43-38(35)46/h2-4,35,41-42H,5-32H2,1H3,(H,43,45,46). The van der Waals surface area contributed by atoms with E-state index in [9.17, 15) is 19.2 Å². The first-order chi connectivity index (χ1) is 29.5. The lowest BCUT2D eigenvalue weighted by Crippen LogP contribution is -2.54. The Bertz CT molecular complexity index is 1330. The summed E-state index contributed by atoms with van der Waals surface area (Å²) in [6, 6.07) is 3.90. The third-order valence-electron chi connectivity index (χ3n) is 8.62. The van der Waals surface area contributed by atoms with Gasteiger partial charge in [-0.1, -0.05) is 6.07 Å². The molecule has 1 aromatic carbocycles. The van der Waals surface area contributed by atoms with Gasteiger partial charge in [-0.2, -0.15) is 0 Å². The van der Waals surface area contributed by atoms with Crippen LogP contribution in [0.25, 0.3) is 0 Å². The summed E-state index contributed by atoms with van der Waals surface area (Å²) in [5.74, 6) is -2.17. The minimum Gasteiger partial charge on any atom is -0.382 e. The van der Waals surface area contributed by atoms with E-state index < -0.39 is 29.7 Å². The number of fused-ring (bicyclic) bond motifs is 1. The lowest BCUT2D eigenvalue weighted by atomic mass is 10.0. The number of anilines is 1. The number of nitrogens with one attached hydrogen (secondary N) is 3. The van der Waals surface area contributed by atoms with Crippen LogP contribution in [0.4, 0.5) is 5.69 Å². The van der Waals surface area contributed by atoms with Gasteiger partial charge in [0, 0.05) is 25.2 Å². The van der Waals surface area contributed by atoms with Gasteiger partial charge < -0.3 is 67.5 Å². The average Bonchev–Trinajstić information content (AvgIpc) is 3.50. The lowest BCUT2D eigenvalue weighted by Gasteiger charge is -2.27. The Morgan fingerprint density at radius 2 is 0.883 bits per heavy atom. The van der Waals surface area contributed by atoms with Gasteiger partial charge in [0.1, 0.15) is 6.04 Å². The van der Waals surface area contributed by atoms with Gasteiger partial charge in [0.15, 0.2) is 0 Å². The number of benzene rings is 1.